The second kappa shape index (κ2) is 5.98. The van der Waals surface area contributed by atoms with Crippen LogP contribution in [0.4, 0.5) is 0 Å². The maximum Gasteiger partial charge on any atom is 0.0752 e. The first-order valence-electron chi connectivity index (χ1n) is 6.00. The number of nitrogens with one attached hydrogen (secondary N) is 1. The topological polar surface area (TPSA) is 29.9 Å². The highest BCUT2D eigenvalue weighted by Gasteiger charge is 2.01. The van der Waals surface area contributed by atoms with Crippen LogP contribution in [0.15, 0.2) is 30.6 Å². The summed E-state index contributed by atoms with van der Waals surface area (Å²) >= 11 is 1.86. The molecule has 4 heteroatoms. The van der Waals surface area contributed by atoms with E-state index in [0.717, 1.165) is 19.6 Å². The van der Waals surface area contributed by atoms with Crippen LogP contribution in [0.3, 0.4) is 0 Å². The van der Waals surface area contributed by atoms with Gasteiger partial charge in [-0.3, -0.25) is 4.68 Å². The molecule has 0 spiro atoms. The van der Waals surface area contributed by atoms with Crippen LogP contribution >= 0.6 is 11.3 Å². The summed E-state index contributed by atoms with van der Waals surface area (Å²) in [6.45, 7) is 7.38. The summed E-state index contributed by atoms with van der Waals surface area (Å²) in [4.78, 5) is 2.75. The highest BCUT2D eigenvalue weighted by atomic mass is 32.1. The molecule has 0 radical (unpaired) electrons. The van der Waals surface area contributed by atoms with Crippen LogP contribution in [0.5, 0.6) is 0 Å². The van der Waals surface area contributed by atoms with E-state index >= 15 is 0 Å². The van der Waals surface area contributed by atoms with Gasteiger partial charge < -0.3 is 5.32 Å². The maximum atomic E-state index is 4.21. The minimum atomic E-state index is 0.707. The molecule has 0 fully saturated rings. The van der Waals surface area contributed by atoms with Gasteiger partial charge >= 0.3 is 0 Å². The Morgan fingerprint density at radius 2 is 2.18 bits per heavy atom. The molecule has 0 saturated carbocycles. The third-order valence-corrected chi connectivity index (χ3v) is 3.52. The van der Waals surface area contributed by atoms with Crippen LogP contribution in [0.1, 0.15) is 23.6 Å². The Bertz CT molecular complexity index is 431. The molecule has 3 nitrogen and oxygen atoms in total. The van der Waals surface area contributed by atoms with Crippen LogP contribution in [-0.4, -0.2) is 16.3 Å². The van der Waals surface area contributed by atoms with Gasteiger partial charge in [-0.2, -0.15) is 5.10 Å². The average molecular weight is 249 g/mol. The Labute approximate surface area is 106 Å². The number of hydrogen-bond donors (Lipinski definition) is 1. The first kappa shape index (κ1) is 12.3. The molecule has 0 aliphatic rings. The van der Waals surface area contributed by atoms with Gasteiger partial charge in [-0.15, -0.1) is 11.3 Å². The summed E-state index contributed by atoms with van der Waals surface area (Å²) in [5, 5.41) is 7.68. The van der Waals surface area contributed by atoms with E-state index in [1.807, 2.05) is 34.5 Å². The van der Waals surface area contributed by atoms with Crippen molar-refractivity contribution in [2.75, 3.05) is 6.54 Å². The van der Waals surface area contributed by atoms with E-state index in [-0.39, 0.29) is 0 Å². The van der Waals surface area contributed by atoms with E-state index in [4.69, 9.17) is 0 Å². The Kier molecular flexibility index (Phi) is 4.34. The van der Waals surface area contributed by atoms with Gasteiger partial charge in [0, 0.05) is 28.7 Å². The van der Waals surface area contributed by atoms with Crippen molar-refractivity contribution >= 4 is 11.3 Å². The summed E-state index contributed by atoms with van der Waals surface area (Å²) in [6.07, 6.45) is 3.81. The zero-order valence-corrected chi connectivity index (χ0v) is 11.2. The molecular formula is C13H19N3S. The van der Waals surface area contributed by atoms with Crippen LogP contribution in [-0.2, 0) is 13.1 Å². The van der Waals surface area contributed by atoms with Gasteiger partial charge in [-0.1, -0.05) is 13.8 Å². The van der Waals surface area contributed by atoms with Crippen LogP contribution in [0.25, 0.3) is 0 Å². The van der Waals surface area contributed by atoms with Crippen molar-refractivity contribution in [2.24, 2.45) is 5.92 Å². The molecule has 0 aliphatic heterocycles. The fraction of sp³-hybridized carbons (Fsp3) is 0.462. The summed E-state index contributed by atoms with van der Waals surface area (Å²) in [6, 6.07) is 6.36. The normalized spacial score (nSPS) is 11.2. The van der Waals surface area contributed by atoms with Crippen molar-refractivity contribution in [1.29, 1.82) is 0 Å². The molecule has 1 N–H and O–H groups in total. The van der Waals surface area contributed by atoms with Crippen molar-refractivity contribution in [3.05, 3.63) is 40.3 Å². The minimum absolute atomic E-state index is 0.707. The Balaban J connectivity index is 1.83. The number of nitrogens with zero attached hydrogens (tertiary/aromatic N) is 2. The summed E-state index contributed by atoms with van der Waals surface area (Å²) in [7, 11) is 0. The molecule has 2 heterocycles. The van der Waals surface area contributed by atoms with Crippen molar-refractivity contribution in [3.8, 4) is 0 Å². The van der Waals surface area contributed by atoms with Crippen molar-refractivity contribution in [2.45, 2.75) is 26.9 Å². The second-order valence-corrected chi connectivity index (χ2v) is 5.85. The molecule has 0 saturated heterocycles. The van der Waals surface area contributed by atoms with E-state index in [1.165, 1.54) is 9.75 Å². The first-order chi connectivity index (χ1) is 8.24. The molecule has 2 aromatic heterocycles. The third kappa shape index (κ3) is 3.98. The van der Waals surface area contributed by atoms with E-state index in [9.17, 15) is 0 Å². The molecule has 2 aromatic rings. The SMILES string of the molecule is CC(C)CNCc1ccc(Cn2cccn2)s1. The molecule has 92 valence electrons. The van der Waals surface area contributed by atoms with E-state index < -0.39 is 0 Å². The molecule has 2 rings (SSSR count). The van der Waals surface area contributed by atoms with Crippen LogP contribution in [0.2, 0.25) is 0 Å². The molecule has 0 amide bonds. The Morgan fingerprint density at radius 3 is 2.88 bits per heavy atom. The minimum Gasteiger partial charge on any atom is -0.312 e. The summed E-state index contributed by atoms with van der Waals surface area (Å²) in [5.74, 6) is 0.707. The van der Waals surface area contributed by atoms with Gasteiger partial charge in [0.1, 0.15) is 0 Å². The molecule has 0 aromatic carbocycles. The lowest BCUT2D eigenvalue weighted by Crippen LogP contribution is -2.18. The summed E-state index contributed by atoms with van der Waals surface area (Å²) in [5.41, 5.74) is 0. The predicted molar refractivity (Wildman–Crippen MR) is 72.2 cm³/mol. The van der Waals surface area contributed by atoms with E-state index in [1.54, 1.807) is 0 Å². The van der Waals surface area contributed by atoms with Crippen molar-refractivity contribution in [3.63, 3.8) is 0 Å². The Hall–Kier alpha value is -1.13. The lowest BCUT2D eigenvalue weighted by Gasteiger charge is -2.05. The highest BCUT2D eigenvalue weighted by molar-refractivity contribution is 7.11. The zero-order chi connectivity index (χ0) is 12.1. The van der Waals surface area contributed by atoms with E-state index in [0.29, 0.717) is 5.92 Å². The number of hydrogen-bond acceptors (Lipinski definition) is 3. The van der Waals surface area contributed by atoms with Gasteiger partial charge in [0.2, 0.25) is 0 Å². The fourth-order valence-corrected chi connectivity index (χ4v) is 2.62. The van der Waals surface area contributed by atoms with Gasteiger partial charge in [-0.25, -0.2) is 0 Å². The number of thiophene rings is 1. The molecule has 0 bridgehead atoms. The quantitative estimate of drug-likeness (QED) is 0.853. The average Bonchev–Trinajstić information content (AvgIpc) is 2.90. The standard InChI is InChI=1S/C13H19N3S/c1-11(2)8-14-9-12-4-5-13(17-12)10-16-7-3-6-15-16/h3-7,11,14H,8-10H2,1-2H3. The lowest BCUT2D eigenvalue weighted by molar-refractivity contribution is 0.555. The van der Waals surface area contributed by atoms with Crippen LogP contribution < -0.4 is 5.32 Å². The third-order valence-electron chi connectivity index (χ3n) is 2.45. The monoisotopic (exact) mass is 249 g/mol. The maximum absolute atomic E-state index is 4.21. The van der Waals surface area contributed by atoms with Gasteiger partial charge in [0.05, 0.1) is 6.54 Å². The number of aromatic nitrogens is 2. The predicted octanol–water partition coefficient (Wildman–Crippen LogP) is 2.74. The van der Waals surface area contributed by atoms with Gasteiger partial charge in [-0.05, 0) is 30.7 Å². The van der Waals surface area contributed by atoms with Gasteiger partial charge in [0.25, 0.3) is 0 Å². The molecule has 0 atom stereocenters. The van der Waals surface area contributed by atoms with E-state index in [2.05, 4.69) is 36.4 Å². The molecule has 0 aliphatic carbocycles. The zero-order valence-electron chi connectivity index (χ0n) is 10.4. The second-order valence-electron chi connectivity index (χ2n) is 4.60. The molecule has 17 heavy (non-hydrogen) atoms. The largest absolute Gasteiger partial charge is 0.312 e. The van der Waals surface area contributed by atoms with Gasteiger partial charge in [0.15, 0.2) is 0 Å². The Morgan fingerprint density at radius 1 is 1.35 bits per heavy atom. The highest BCUT2D eigenvalue weighted by Crippen LogP contribution is 2.17. The first-order valence-corrected chi connectivity index (χ1v) is 6.81. The van der Waals surface area contributed by atoms with Crippen molar-refractivity contribution in [1.82, 2.24) is 15.1 Å². The molecule has 0 unspecified atom stereocenters. The van der Waals surface area contributed by atoms with Crippen LogP contribution in [0, 0.1) is 5.92 Å². The summed E-state index contributed by atoms with van der Waals surface area (Å²) < 4.78 is 1.96. The molecular weight excluding hydrogens is 230 g/mol. The van der Waals surface area contributed by atoms with Crippen molar-refractivity contribution < 1.29 is 0 Å². The smallest absolute Gasteiger partial charge is 0.0752 e. The lowest BCUT2D eigenvalue weighted by atomic mass is 10.2. The fourth-order valence-electron chi connectivity index (χ4n) is 1.64. The number of rotatable bonds is 6.